The fourth-order valence-corrected chi connectivity index (χ4v) is 4.27. The number of rotatable bonds is 9. The summed E-state index contributed by atoms with van der Waals surface area (Å²) in [5.74, 6) is -1.58. The van der Waals surface area contributed by atoms with Crippen molar-refractivity contribution >= 4 is 0 Å². The lowest BCUT2D eigenvalue weighted by molar-refractivity contribution is -0.274. The highest BCUT2D eigenvalue weighted by Gasteiger charge is 2.34. The van der Waals surface area contributed by atoms with Crippen molar-refractivity contribution in [2.45, 2.75) is 30.8 Å². The average Bonchev–Trinajstić information content (AvgIpc) is 2.94. The van der Waals surface area contributed by atoms with Crippen molar-refractivity contribution in [1.82, 2.24) is 5.32 Å². The van der Waals surface area contributed by atoms with Crippen molar-refractivity contribution < 1.29 is 58.5 Å². The predicted molar refractivity (Wildman–Crippen MR) is 137 cm³/mol. The first-order valence-corrected chi connectivity index (χ1v) is 12.6. The van der Waals surface area contributed by atoms with E-state index in [0.717, 1.165) is 42.5 Å². The maximum absolute atomic E-state index is 15.2. The summed E-state index contributed by atoms with van der Waals surface area (Å²) in [4.78, 5) is 0. The molecule has 0 spiro atoms. The summed E-state index contributed by atoms with van der Waals surface area (Å²) in [5.41, 5.74) is -2.11. The van der Waals surface area contributed by atoms with Crippen LogP contribution in [0.1, 0.15) is 39.9 Å². The monoisotopic (exact) mass is 633 g/mol. The number of alkyl halides is 9. The van der Waals surface area contributed by atoms with Crippen molar-refractivity contribution in [3.05, 3.63) is 125 Å². The Balaban J connectivity index is 1.69. The molecule has 0 fully saturated rings. The number of aliphatic hydroxyl groups is 1. The van der Waals surface area contributed by atoms with Crippen LogP contribution in [0.5, 0.6) is 17.2 Å². The van der Waals surface area contributed by atoms with Crippen LogP contribution in [0.2, 0.25) is 0 Å². The minimum atomic E-state index is -4.90. The minimum absolute atomic E-state index is 0.0832. The minimum Gasteiger partial charge on any atom is -0.457 e. The molecular weight excluding hydrogens is 612 g/mol. The Hall–Kier alpha value is -4.30. The van der Waals surface area contributed by atoms with Gasteiger partial charge < -0.3 is 14.6 Å². The molecule has 0 aromatic heterocycles. The Bertz CT molecular complexity index is 1550. The molecule has 234 valence electrons. The van der Waals surface area contributed by atoms with Gasteiger partial charge in [0.25, 0.3) is 0 Å². The van der Waals surface area contributed by atoms with E-state index < -0.39 is 60.1 Å². The van der Waals surface area contributed by atoms with Gasteiger partial charge >= 0.3 is 18.7 Å². The van der Waals surface area contributed by atoms with Crippen LogP contribution in [0.3, 0.4) is 0 Å². The fourth-order valence-electron chi connectivity index (χ4n) is 4.27. The van der Waals surface area contributed by atoms with Crippen molar-refractivity contribution in [3.8, 4) is 17.2 Å². The number of halogens is 10. The van der Waals surface area contributed by atoms with Gasteiger partial charge in [-0.25, -0.2) is 4.39 Å². The maximum atomic E-state index is 15.2. The van der Waals surface area contributed by atoms with E-state index in [1.165, 1.54) is 36.4 Å². The van der Waals surface area contributed by atoms with Gasteiger partial charge in [-0.2, -0.15) is 26.3 Å². The number of nitrogens with one attached hydrogen (secondary N) is 1. The molecule has 0 saturated carbocycles. The van der Waals surface area contributed by atoms with Crippen LogP contribution in [0.4, 0.5) is 43.9 Å². The summed E-state index contributed by atoms with van der Waals surface area (Å²) in [6.07, 6.45) is -14.4. The third-order valence-corrected chi connectivity index (χ3v) is 6.31. The molecule has 2 N–H and O–H groups in total. The third-order valence-electron chi connectivity index (χ3n) is 6.31. The van der Waals surface area contributed by atoms with Gasteiger partial charge in [0, 0.05) is 5.56 Å². The highest BCUT2D eigenvalue weighted by molar-refractivity contribution is 5.42. The van der Waals surface area contributed by atoms with Crippen LogP contribution >= 0.6 is 0 Å². The molecule has 2 unspecified atom stereocenters. The molecule has 0 aliphatic heterocycles. The normalized spacial score (nSPS) is 13.8. The summed E-state index contributed by atoms with van der Waals surface area (Å²) in [5, 5.41) is 13.0. The van der Waals surface area contributed by atoms with E-state index in [1.807, 2.05) is 0 Å². The number of ether oxygens (including phenoxy) is 2. The molecule has 14 heteroatoms. The predicted octanol–water partition coefficient (Wildman–Crippen LogP) is 8.97. The molecule has 4 rings (SSSR count). The van der Waals surface area contributed by atoms with Crippen molar-refractivity contribution in [1.29, 1.82) is 0 Å². The molecule has 0 amide bonds. The standard InChI is InChI=1S/C30H21F10NO3/c31-25-15-20(29(35,36)37)8-13-24(25)27(41-26(16-42)17-4-6-19(7-5-17)28(32,33)34)18-2-1-3-23(14-18)43-21-9-11-22(12-10-21)44-30(38,39)40/h1-15,26-27,41-42H,16H2. The molecule has 44 heavy (non-hydrogen) atoms. The Labute approximate surface area is 243 Å². The molecule has 0 heterocycles. The molecule has 4 nitrogen and oxygen atoms in total. The van der Waals surface area contributed by atoms with E-state index in [1.54, 1.807) is 0 Å². The molecule has 2 atom stereocenters. The summed E-state index contributed by atoms with van der Waals surface area (Å²) in [6, 6.07) is 13.4. The fraction of sp³-hybridized carbons (Fsp3) is 0.200. The van der Waals surface area contributed by atoms with Gasteiger partial charge in [0.1, 0.15) is 23.1 Å². The Kier molecular flexibility index (Phi) is 9.44. The molecule has 0 saturated heterocycles. The molecule has 0 aliphatic rings. The SMILES string of the molecule is OCC(NC(c1cccc(Oc2ccc(OC(F)(F)F)cc2)c1)c1ccc(C(F)(F)F)cc1F)c1ccc(C(F)(F)F)cc1. The van der Waals surface area contributed by atoms with E-state index >= 15 is 4.39 Å². The molecule has 4 aromatic carbocycles. The quantitative estimate of drug-likeness (QED) is 0.181. The van der Waals surface area contributed by atoms with E-state index in [9.17, 15) is 44.6 Å². The Morgan fingerprint density at radius 2 is 1.23 bits per heavy atom. The second-order valence-corrected chi connectivity index (χ2v) is 9.38. The number of hydrogen-bond donors (Lipinski definition) is 2. The Morgan fingerprint density at radius 3 is 1.77 bits per heavy atom. The van der Waals surface area contributed by atoms with E-state index in [-0.39, 0.29) is 28.2 Å². The summed E-state index contributed by atoms with van der Waals surface area (Å²) >= 11 is 0. The van der Waals surface area contributed by atoms with Crippen molar-refractivity contribution in [2.24, 2.45) is 0 Å². The maximum Gasteiger partial charge on any atom is 0.573 e. The third kappa shape index (κ3) is 8.41. The van der Waals surface area contributed by atoms with Gasteiger partial charge in [0.2, 0.25) is 0 Å². The Morgan fingerprint density at radius 1 is 0.636 bits per heavy atom. The van der Waals surface area contributed by atoms with Gasteiger partial charge in [-0.05, 0) is 71.8 Å². The first-order valence-electron chi connectivity index (χ1n) is 12.6. The van der Waals surface area contributed by atoms with Crippen LogP contribution in [0.15, 0.2) is 91.0 Å². The van der Waals surface area contributed by atoms with Gasteiger partial charge in [-0.3, -0.25) is 5.32 Å². The first kappa shape index (κ1) is 32.6. The van der Waals surface area contributed by atoms with Gasteiger partial charge in [-0.1, -0.05) is 30.3 Å². The first-order chi connectivity index (χ1) is 20.5. The number of hydrogen-bond acceptors (Lipinski definition) is 4. The van der Waals surface area contributed by atoms with E-state index in [2.05, 4.69) is 10.1 Å². The second-order valence-electron chi connectivity index (χ2n) is 9.38. The molecule has 0 aliphatic carbocycles. The summed E-state index contributed by atoms with van der Waals surface area (Å²) in [6.45, 7) is -0.688. The van der Waals surface area contributed by atoms with Crippen LogP contribution in [0.25, 0.3) is 0 Å². The lowest BCUT2D eigenvalue weighted by atomic mass is 9.94. The smallest absolute Gasteiger partial charge is 0.457 e. The largest absolute Gasteiger partial charge is 0.573 e. The summed E-state index contributed by atoms with van der Waals surface area (Å²) in [7, 11) is 0. The summed E-state index contributed by atoms with van der Waals surface area (Å²) < 4.78 is 141. The van der Waals surface area contributed by atoms with Crippen LogP contribution in [-0.2, 0) is 12.4 Å². The van der Waals surface area contributed by atoms with Gasteiger partial charge in [-0.15, -0.1) is 13.2 Å². The zero-order chi connectivity index (χ0) is 32.3. The number of benzene rings is 4. The van der Waals surface area contributed by atoms with Gasteiger partial charge in [0.05, 0.1) is 29.8 Å². The lowest BCUT2D eigenvalue weighted by Crippen LogP contribution is -2.30. The molecular formula is C30H21F10NO3. The van der Waals surface area contributed by atoms with E-state index in [0.29, 0.717) is 12.1 Å². The molecule has 0 radical (unpaired) electrons. The topological polar surface area (TPSA) is 50.7 Å². The van der Waals surface area contributed by atoms with Crippen LogP contribution in [-0.4, -0.2) is 18.1 Å². The second kappa shape index (κ2) is 12.7. The lowest BCUT2D eigenvalue weighted by Gasteiger charge is -2.27. The zero-order valence-corrected chi connectivity index (χ0v) is 22.1. The zero-order valence-electron chi connectivity index (χ0n) is 22.1. The highest BCUT2D eigenvalue weighted by atomic mass is 19.4. The van der Waals surface area contributed by atoms with Crippen molar-refractivity contribution in [3.63, 3.8) is 0 Å². The highest BCUT2D eigenvalue weighted by Crippen LogP contribution is 2.36. The van der Waals surface area contributed by atoms with Crippen LogP contribution < -0.4 is 14.8 Å². The number of aliphatic hydroxyl groups excluding tert-OH is 1. The average molecular weight is 633 g/mol. The van der Waals surface area contributed by atoms with Crippen LogP contribution in [0, 0.1) is 5.82 Å². The van der Waals surface area contributed by atoms with Crippen molar-refractivity contribution in [2.75, 3.05) is 6.61 Å². The van der Waals surface area contributed by atoms with Gasteiger partial charge in [0.15, 0.2) is 0 Å². The molecule has 4 aromatic rings. The van der Waals surface area contributed by atoms with E-state index in [4.69, 9.17) is 4.74 Å². The molecule has 0 bridgehead atoms.